The summed E-state index contributed by atoms with van der Waals surface area (Å²) in [4.78, 5) is 25.2. The maximum Gasteiger partial charge on any atom is 0.267 e. The molecule has 1 fully saturated rings. The summed E-state index contributed by atoms with van der Waals surface area (Å²) in [5.41, 5.74) is 0.163. The van der Waals surface area contributed by atoms with Crippen molar-refractivity contribution in [2.24, 2.45) is 0 Å². The normalized spacial score (nSPS) is 16.6. The SMILES string of the molecule is COc1cc(Cl)c(NC(=O)[C@@H]2CCC(=O)N2S(=O)(=O)c2ccccc2)c(OC)c1. The van der Waals surface area contributed by atoms with Crippen molar-refractivity contribution in [1.82, 2.24) is 4.31 Å². The number of hydrogen-bond donors (Lipinski definition) is 1. The number of ether oxygens (including phenoxy) is 2. The van der Waals surface area contributed by atoms with Crippen LogP contribution in [0.5, 0.6) is 11.5 Å². The van der Waals surface area contributed by atoms with Gasteiger partial charge in [0, 0.05) is 18.6 Å². The lowest BCUT2D eigenvalue weighted by atomic mass is 10.2. The summed E-state index contributed by atoms with van der Waals surface area (Å²) in [5.74, 6) is -0.652. The highest BCUT2D eigenvalue weighted by atomic mass is 35.5. The van der Waals surface area contributed by atoms with E-state index in [9.17, 15) is 18.0 Å². The van der Waals surface area contributed by atoms with E-state index in [1.54, 1.807) is 18.2 Å². The Hall–Kier alpha value is -2.78. The number of amides is 2. The molecule has 1 aliphatic rings. The van der Waals surface area contributed by atoms with Crippen molar-refractivity contribution in [1.29, 1.82) is 0 Å². The number of carbonyl (C=O) groups is 2. The van der Waals surface area contributed by atoms with Crippen molar-refractivity contribution < 1.29 is 27.5 Å². The molecule has 0 saturated carbocycles. The van der Waals surface area contributed by atoms with E-state index in [2.05, 4.69) is 5.32 Å². The predicted molar refractivity (Wildman–Crippen MR) is 107 cm³/mol. The number of nitrogens with zero attached hydrogens (tertiary/aromatic N) is 1. The number of anilines is 1. The Labute approximate surface area is 173 Å². The van der Waals surface area contributed by atoms with Gasteiger partial charge in [0.25, 0.3) is 10.0 Å². The third-order valence-corrected chi connectivity index (χ3v) is 6.64. The highest BCUT2D eigenvalue weighted by Gasteiger charge is 2.44. The van der Waals surface area contributed by atoms with Crippen LogP contribution in [0.1, 0.15) is 12.8 Å². The molecule has 154 valence electrons. The zero-order chi connectivity index (χ0) is 21.2. The monoisotopic (exact) mass is 438 g/mol. The molecule has 1 saturated heterocycles. The Bertz CT molecular complexity index is 1040. The number of hydrogen-bond acceptors (Lipinski definition) is 6. The Morgan fingerprint density at radius 2 is 1.86 bits per heavy atom. The van der Waals surface area contributed by atoms with Crippen molar-refractivity contribution in [2.45, 2.75) is 23.8 Å². The molecule has 0 bridgehead atoms. The maximum absolute atomic E-state index is 12.9. The molecule has 1 aliphatic heterocycles. The number of benzene rings is 2. The van der Waals surface area contributed by atoms with Crippen molar-refractivity contribution in [3.63, 3.8) is 0 Å². The van der Waals surface area contributed by atoms with Gasteiger partial charge in [-0.05, 0) is 18.6 Å². The van der Waals surface area contributed by atoms with Crippen molar-refractivity contribution in [3.05, 3.63) is 47.5 Å². The molecule has 0 unspecified atom stereocenters. The average molecular weight is 439 g/mol. The first-order chi connectivity index (χ1) is 13.8. The average Bonchev–Trinajstić information content (AvgIpc) is 3.12. The van der Waals surface area contributed by atoms with E-state index in [4.69, 9.17) is 21.1 Å². The number of nitrogens with one attached hydrogen (secondary N) is 1. The van der Waals surface area contributed by atoms with Gasteiger partial charge in [-0.25, -0.2) is 12.7 Å². The first kappa shape index (κ1) is 20.9. The van der Waals surface area contributed by atoms with E-state index in [-0.39, 0.29) is 34.2 Å². The summed E-state index contributed by atoms with van der Waals surface area (Å²) in [5, 5.41) is 2.74. The molecule has 2 aromatic carbocycles. The van der Waals surface area contributed by atoms with E-state index in [1.165, 1.54) is 38.5 Å². The fourth-order valence-electron chi connectivity index (χ4n) is 3.07. The van der Waals surface area contributed by atoms with E-state index in [1.807, 2.05) is 0 Å². The van der Waals surface area contributed by atoms with Gasteiger partial charge < -0.3 is 14.8 Å². The molecule has 1 heterocycles. The van der Waals surface area contributed by atoms with E-state index < -0.39 is 27.9 Å². The Kier molecular flexibility index (Phi) is 5.99. The van der Waals surface area contributed by atoms with Gasteiger partial charge in [-0.15, -0.1) is 0 Å². The lowest BCUT2D eigenvalue weighted by molar-refractivity contribution is -0.128. The van der Waals surface area contributed by atoms with E-state index in [0.29, 0.717) is 10.1 Å². The third-order valence-electron chi connectivity index (χ3n) is 4.49. The van der Waals surface area contributed by atoms with Crippen LogP contribution in [0, 0.1) is 0 Å². The number of rotatable bonds is 6. The van der Waals surface area contributed by atoms with Crippen LogP contribution in [0.3, 0.4) is 0 Å². The molecule has 0 spiro atoms. The zero-order valence-electron chi connectivity index (χ0n) is 15.7. The topological polar surface area (TPSA) is 102 Å². The third kappa shape index (κ3) is 4.01. The molecule has 10 heteroatoms. The highest BCUT2D eigenvalue weighted by Crippen LogP contribution is 2.37. The second-order valence-electron chi connectivity index (χ2n) is 6.24. The number of halogens is 1. The number of carbonyl (C=O) groups excluding carboxylic acids is 2. The van der Waals surface area contributed by atoms with Gasteiger partial charge >= 0.3 is 0 Å². The summed E-state index contributed by atoms with van der Waals surface area (Å²) in [6.07, 6.45) is 0.00441. The Balaban J connectivity index is 1.92. The quantitative estimate of drug-likeness (QED) is 0.743. The van der Waals surface area contributed by atoms with Gasteiger partial charge in [-0.1, -0.05) is 29.8 Å². The Morgan fingerprint density at radius 1 is 1.17 bits per heavy atom. The van der Waals surface area contributed by atoms with Crippen LogP contribution in [0.4, 0.5) is 5.69 Å². The van der Waals surface area contributed by atoms with Gasteiger partial charge in [0.1, 0.15) is 23.2 Å². The van der Waals surface area contributed by atoms with Gasteiger partial charge in [-0.2, -0.15) is 0 Å². The van der Waals surface area contributed by atoms with Crippen LogP contribution >= 0.6 is 11.6 Å². The summed E-state index contributed by atoms with van der Waals surface area (Å²) in [6, 6.07) is 9.31. The minimum absolute atomic E-state index is 0.0579. The fourth-order valence-corrected chi connectivity index (χ4v) is 4.94. The lowest BCUT2D eigenvalue weighted by Gasteiger charge is -2.24. The zero-order valence-corrected chi connectivity index (χ0v) is 17.3. The summed E-state index contributed by atoms with van der Waals surface area (Å²) < 4.78 is 36.9. The van der Waals surface area contributed by atoms with E-state index in [0.717, 1.165) is 0 Å². The van der Waals surface area contributed by atoms with Crippen LogP contribution in [-0.4, -0.2) is 44.8 Å². The van der Waals surface area contributed by atoms with Gasteiger partial charge in [0.2, 0.25) is 11.8 Å². The van der Waals surface area contributed by atoms with Crippen LogP contribution in [0.15, 0.2) is 47.4 Å². The Morgan fingerprint density at radius 3 is 2.48 bits per heavy atom. The van der Waals surface area contributed by atoms with Crippen LogP contribution in [0.2, 0.25) is 5.02 Å². The number of methoxy groups -OCH3 is 2. The minimum Gasteiger partial charge on any atom is -0.497 e. The van der Waals surface area contributed by atoms with Gasteiger partial charge in [0.05, 0.1) is 24.1 Å². The van der Waals surface area contributed by atoms with Crippen molar-refractivity contribution >= 4 is 39.1 Å². The molecule has 1 N–H and O–H groups in total. The highest BCUT2D eigenvalue weighted by molar-refractivity contribution is 7.89. The van der Waals surface area contributed by atoms with Crippen LogP contribution in [-0.2, 0) is 19.6 Å². The summed E-state index contributed by atoms with van der Waals surface area (Å²) in [6.45, 7) is 0. The molecule has 0 aromatic heterocycles. The standard InChI is InChI=1S/C19H19ClN2O6S/c1-27-12-10-14(20)18(16(11-12)28-2)21-19(24)15-8-9-17(23)22(15)29(25,26)13-6-4-3-5-7-13/h3-7,10-11,15H,8-9H2,1-2H3,(H,21,24)/t15-/m0/s1. The first-order valence-electron chi connectivity index (χ1n) is 8.64. The molecule has 8 nitrogen and oxygen atoms in total. The van der Waals surface area contributed by atoms with E-state index >= 15 is 0 Å². The smallest absolute Gasteiger partial charge is 0.267 e. The number of sulfonamides is 1. The molecule has 1 atom stereocenters. The van der Waals surface area contributed by atoms with Crippen molar-refractivity contribution in [3.8, 4) is 11.5 Å². The molecule has 2 aromatic rings. The second-order valence-corrected chi connectivity index (χ2v) is 8.46. The second kappa shape index (κ2) is 8.30. The van der Waals surface area contributed by atoms with Crippen molar-refractivity contribution in [2.75, 3.05) is 19.5 Å². The van der Waals surface area contributed by atoms with Crippen LogP contribution in [0.25, 0.3) is 0 Å². The predicted octanol–water partition coefficient (Wildman–Crippen LogP) is 2.68. The summed E-state index contributed by atoms with van der Waals surface area (Å²) in [7, 11) is -1.32. The molecule has 0 radical (unpaired) electrons. The fraction of sp³-hybridized carbons (Fsp3) is 0.263. The molecule has 0 aliphatic carbocycles. The van der Waals surface area contributed by atoms with Crippen LogP contribution < -0.4 is 14.8 Å². The van der Waals surface area contributed by atoms with Gasteiger partial charge in [0.15, 0.2) is 0 Å². The van der Waals surface area contributed by atoms with Gasteiger partial charge in [-0.3, -0.25) is 9.59 Å². The molecule has 3 rings (SSSR count). The molecular formula is C19H19ClN2O6S. The maximum atomic E-state index is 12.9. The molecular weight excluding hydrogens is 420 g/mol. The molecule has 29 heavy (non-hydrogen) atoms. The lowest BCUT2D eigenvalue weighted by Crippen LogP contribution is -2.45. The first-order valence-corrected chi connectivity index (χ1v) is 10.5. The summed E-state index contributed by atoms with van der Waals surface area (Å²) >= 11 is 6.22. The molecule has 2 amide bonds. The largest absolute Gasteiger partial charge is 0.497 e. The minimum atomic E-state index is -4.17.